The van der Waals surface area contributed by atoms with Crippen molar-refractivity contribution in [2.75, 3.05) is 0 Å². The van der Waals surface area contributed by atoms with Gasteiger partial charge in [-0.25, -0.2) is 8.78 Å². The Morgan fingerprint density at radius 1 is 1.55 bits per heavy atom. The van der Waals surface area contributed by atoms with Crippen LogP contribution in [0, 0.1) is 0 Å². The minimum atomic E-state index is -1.21. The van der Waals surface area contributed by atoms with Crippen LogP contribution in [0.15, 0.2) is 23.6 Å². The van der Waals surface area contributed by atoms with E-state index in [1.54, 1.807) is 0 Å². The van der Waals surface area contributed by atoms with Gasteiger partial charge in [0.15, 0.2) is 0 Å². The number of hydrogen-bond donors (Lipinski definition) is 0. The standard InChI is InChI=1S/C9H14F2/c1-4-7(2)5-9(11)6-8(3)10/h5-6,8H,4H2,1-3H3/b7-5+,9-6+. The smallest absolute Gasteiger partial charge is 0.122 e. The Kier molecular flexibility index (Phi) is 4.75. The molecule has 0 aromatic carbocycles. The van der Waals surface area contributed by atoms with E-state index in [1.807, 2.05) is 13.8 Å². The topological polar surface area (TPSA) is 0 Å². The van der Waals surface area contributed by atoms with Gasteiger partial charge in [0.25, 0.3) is 0 Å². The highest BCUT2D eigenvalue weighted by Gasteiger charge is 1.95. The number of rotatable bonds is 3. The Hall–Kier alpha value is -0.660. The molecule has 0 rings (SSSR count). The molecule has 0 radical (unpaired) electrons. The van der Waals surface area contributed by atoms with Gasteiger partial charge >= 0.3 is 0 Å². The van der Waals surface area contributed by atoms with Crippen molar-refractivity contribution in [3.63, 3.8) is 0 Å². The summed E-state index contributed by atoms with van der Waals surface area (Å²) in [6.07, 6.45) is 1.90. The zero-order valence-electron chi connectivity index (χ0n) is 7.20. The third-order valence-electron chi connectivity index (χ3n) is 1.33. The zero-order valence-corrected chi connectivity index (χ0v) is 7.20. The molecule has 0 N–H and O–H groups in total. The Morgan fingerprint density at radius 3 is 2.45 bits per heavy atom. The van der Waals surface area contributed by atoms with Crippen LogP contribution >= 0.6 is 0 Å². The number of allylic oxidation sites excluding steroid dienone is 4. The van der Waals surface area contributed by atoms with Crippen molar-refractivity contribution in [2.45, 2.75) is 33.4 Å². The van der Waals surface area contributed by atoms with Crippen LogP contribution in [0.1, 0.15) is 27.2 Å². The first kappa shape index (κ1) is 10.3. The van der Waals surface area contributed by atoms with Crippen LogP contribution < -0.4 is 0 Å². The summed E-state index contributed by atoms with van der Waals surface area (Å²) in [7, 11) is 0. The summed E-state index contributed by atoms with van der Waals surface area (Å²) >= 11 is 0. The lowest BCUT2D eigenvalue weighted by atomic mass is 10.2. The van der Waals surface area contributed by atoms with Crippen LogP contribution in [0.3, 0.4) is 0 Å². The first-order chi connectivity index (χ1) is 5.06. The maximum Gasteiger partial charge on any atom is 0.122 e. The average Bonchev–Trinajstić information content (AvgIpc) is 1.85. The van der Waals surface area contributed by atoms with Crippen molar-refractivity contribution in [2.24, 2.45) is 0 Å². The lowest BCUT2D eigenvalue weighted by Crippen LogP contribution is -1.85. The summed E-state index contributed by atoms with van der Waals surface area (Å²) in [5, 5.41) is 0. The van der Waals surface area contributed by atoms with Crippen LogP contribution in [-0.4, -0.2) is 6.17 Å². The number of halogens is 2. The minimum Gasteiger partial charge on any atom is -0.243 e. The molecule has 0 bridgehead atoms. The Labute approximate surface area is 66.6 Å². The van der Waals surface area contributed by atoms with E-state index in [0.717, 1.165) is 18.1 Å². The van der Waals surface area contributed by atoms with Gasteiger partial charge in [0.05, 0.1) is 0 Å². The highest BCUT2D eigenvalue weighted by Crippen LogP contribution is 2.08. The molecule has 2 heteroatoms. The third-order valence-corrected chi connectivity index (χ3v) is 1.33. The molecule has 0 aliphatic rings. The van der Waals surface area contributed by atoms with Gasteiger partial charge in [-0.05, 0) is 32.4 Å². The van der Waals surface area contributed by atoms with Crippen LogP contribution in [0.25, 0.3) is 0 Å². The predicted molar refractivity (Wildman–Crippen MR) is 43.8 cm³/mol. The summed E-state index contributed by atoms with van der Waals surface area (Å²) < 4.78 is 24.8. The fraction of sp³-hybridized carbons (Fsp3) is 0.556. The van der Waals surface area contributed by atoms with E-state index < -0.39 is 12.0 Å². The maximum absolute atomic E-state index is 12.6. The molecule has 11 heavy (non-hydrogen) atoms. The first-order valence-electron chi connectivity index (χ1n) is 3.74. The maximum atomic E-state index is 12.6. The molecule has 1 unspecified atom stereocenters. The van der Waals surface area contributed by atoms with Gasteiger partial charge in [0.2, 0.25) is 0 Å². The first-order valence-corrected chi connectivity index (χ1v) is 3.74. The minimum absolute atomic E-state index is 0.487. The second-order valence-corrected chi connectivity index (χ2v) is 2.57. The summed E-state index contributed by atoms with van der Waals surface area (Å²) in [5.41, 5.74) is 0.916. The molecule has 0 heterocycles. The molecule has 0 spiro atoms. The molecule has 0 aromatic rings. The third kappa shape index (κ3) is 5.77. The van der Waals surface area contributed by atoms with Gasteiger partial charge < -0.3 is 0 Å². The molecule has 0 saturated heterocycles. The Balaban J connectivity index is 4.15. The van der Waals surface area contributed by atoms with Crippen molar-refractivity contribution < 1.29 is 8.78 Å². The van der Waals surface area contributed by atoms with Gasteiger partial charge in [-0.1, -0.05) is 12.5 Å². The van der Waals surface area contributed by atoms with Crippen LogP contribution in [0.5, 0.6) is 0 Å². The van der Waals surface area contributed by atoms with Gasteiger partial charge in [-0.2, -0.15) is 0 Å². The van der Waals surface area contributed by atoms with Crippen molar-refractivity contribution in [3.8, 4) is 0 Å². The van der Waals surface area contributed by atoms with E-state index in [0.29, 0.717) is 0 Å². The average molecular weight is 160 g/mol. The molecule has 0 amide bonds. The van der Waals surface area contributed by atoms with Gasteiger partial charge in [0.1, 0.15) is 12.0 Å². The Morgan fingerprint density at radius 2 is 2.09 bits per heavy atom. The highest BCUT2D eigenvalue weighted by molar-refractivity contribution is 5.17. The fourth-order valence-corrected chi connectivity index (χ4v) is 0.605. The van der Waals surface area contributed by atoms with E-state index in [1.165, 1.54) is 13.0 Å². The molecule has 1 atom stereocenters. The largest absolute Gasteiger partial charge is 0.243 e. The van der Waals surface area contributed by atoms with E-state index in [-0.39, 0.29) is 0 Å². The molecule has 0 saturated carbocycles. The van der Waals surface area contributed by atoms with Crippen molar-refractivity contribution in [3.05, 3.63) is 23.6 Å². The SMILES string of the molecule is CC/C(C)=C/C(F)=C\C(C)F. The van der Waals surface area contributed by atoms with Crippen molar-refractivity contribution in [1.29, 1.82) is 0 Å². The predicted octanol–water partition coefficient (Wildman–Crippen LogP) is 3.55. The number of alkyl halides is 1. The molecule has 0 aliphatic heterocycles. The molecule has 64 valence electrons. The van der Waals surface area contributed by atoms with E-state index in [2.05, 4.69) is 0 Å². The molecular weight excluding hydrogens is 146 g/mol. The normalized spacial score (nSPS) is 16.8. The molecule has 0 aliphatic carbocycles. The van der Waals surface area contributed by atoms with Crippen molar-refractivity contribution in [1.82, 2.24) is 0 Å². The summed E-state index contributed by atoms with van der Waals surface area (Å²) in [4.78, 5) is 0. The second kappa shape index (κ2) is 5.05. The second-order valence-electron chi connectivity index (χ2n) is 2.57. The molecule has 0 fully saturated rings. The molecule has 0 aromatic heterocycles. The van der Waals surface area contributed by atoms with E-state index in [9.17, 15) is 8.78 Å². The van der Waals surface area contributed by atoms with Crippen molar-refractivity contribution >= 4 is 0 Å². The van der Waals surface area contributed by atoms with Gasteiger partial charge in [-0.3, -0.25) is 0 Å². The zero-order chi connectivity index (χ0) is 8.85. The fourth-order valence-electron chi connectivity index (χ4n) is 0.605. The Bertz CT molecular complexity index is 166. The van der Waals surface area contributed by atoms with E-state index in [4.69, 9.17) is 0 Å². The van der Waals surface area contributed by atoms with E-state index >= 15 is 0 Å². The lowest BCUT2D eigenvalue weighted by molar-refractivity contribution is 0.423. The van der Waals surface area contributed by atoms with Gasteiger partial charge in [-0.15, -0.1) is 0 Å². The van der Waals surface area contributed by atoms with Crippen LogP contribution in [-0.2, 0) is 0 Å². The van der Waals surface area contributed by atoms with Crippen LogP contribution in [0.2, 0.25) is 0 Å². The monoisotopic (exact) mass is 160 g/mol. The molecular formula is C9H14F2. The molecule has 0 nitrogen and oxygen atoms in total. The summed E-state index contributed by atoms with van der Waals surface area (Å²) in [6, 6.07) is 0. The summed E-state index contributed by atoms with van der Waals surface area (Å²) in [6.45, 7) is 5.04. The lowest BCUT2D eigenvalue weighted by Gasteiger charge is -1.94. The number of hydrogen-bond acceptors (Lipinski definition) is 0. The van der Waals surface area contributed by atoms with Crippen LogP contribution in [0.4, 0.5) is 8.78 Å². The quantitative estimate of drug-likeness (QED) is 0.554. The summed E-state index contributed by atoms with van der Waals surface area (Å²) in [5.74, 6) is -0.487. The highest BCUT2D eigenvalue weighted by atomic mass is 19.1. The van der Waals surface area contributed by atoms with Gasteiger partial charge in [0, 0.05) is 0 Å².